The molecule has 0 amide bonds. The smallest absolute Gasteiger partial charge is 0.374 e. The van der Waals surface area contributed by atoms with Crippen LogP contribution in [0, 0.1) is 0 Å². The van der Waals surface area contributed by atoms with Crippen LogP contribution in [0.1, 0.15) is 0 Å². The number of aliphatic hydroxyl groups is 3. The van der Waals surface area contributed by atoms with Crippen molar-refractivity contribution < 1.29 is 48.5 Å². The molecule has 0 aromatic rings. The largest absolute Gasteiger partial charge is 0.425 e. The van der Waals surface area contributed by atoms with Crippen LogP contribution in [0.15, 0.2) is 0 Å². The molecule has 1 aliphatic heterocycles. The standard InChI is InChI=1S/C9H17O10PSi/c1-16-5-20(15)9(14,19-20)7(11)18-17-6(10)8(12,13)21(2,3)4/h12-14H,5H2,1-4H3. The minimum atomic E-state index is -3.78. The zero-order valence-electron chi connectivity index (χ0n) is 11.9. The molecular formula is C9H17O10PSi. The van der Waals surface area contributed by atoms with E-state index in [2.05, 4.69) is 19.0 Å². The Morgan fingerprint density at radius 3 is 2.24 bits per heavy atom. The quantitative estimate of drug-likeness (QED) is 0.143. The lowest BCUT2D eigenvalue weighted by molar-refractivity contribution is -0.286. The van der Waals surface area contributed by atoms with E-state index in [0.29, 0.717) is 0 Å². The van der Waals surface area contributed by atoms with E-state index in [9.17, 15) is 29.5 Å². The predicted octanol–water partition coefficient (Wildman–Crippen LogP) is -0.896. The summed E-state index contributed by atoms with van der Waals surface area (Å²) in [5.41, 5.74) is -5.56. The Morgan fingerprint density at radius 2 is 1.81 bits per heavy atom. The van der Waals surface area contributed by atoms with Crippen molar-refractivity contribution in [1.29, 1.82) is 0 Å². The van der Waals surface area contributed by atoms with Crippen LogP contribution < -0.4 is 0 Å². The van der Waals surface area contributed by atoms with Gasteiger partial charge in [-0.3, -0.25) is 9.09 Å². The van der Waals surface area contributed by atoms with Crippen LogP contribution in [0.4, 0.5) is 0 Å². The Morgan fingerprint density at radius 1 is 1.29 bits per heavy atom. The number of methoxy groups -OCH3 is 1. The molecule has 0 bridgehead atoms. The lowest BCUT2D eigenvalue weighted by Crippen LogP contribution is -2.58. The summed E-state index contributed by atoms with van der Waals surface area (Å²) in [6.45, 7) is 4.38. The average Bonchev–Trinajstić information content (AvgIpc) is 2.88. The van der Waals surface area contributed by atoms with Gasteiger partial charge in [0.25, 0.3) is 0 Å². The maximum atomic E-state index is 11.7. The van der Waals surface area contributed by atoms with Crippen molar-refractivity contribution >= 4 is 27.4 Å². The highest BCUT2D eigenvalue weighted by Gasteiger charge is 2.76. The fourth-order valence-corrected chi connectivity index (χ4v) is 3.39. The summed E-state index contributed by atoms with van der Waals surface area (Å²) in [5.74, 6) is -3.27. The van der Waals surface area contributed by atoms with Gasteiger partial charge in [0, 0.05) is 7.11 Å². The SMILES string of the molecule is COCP1(=O)OC1(O)C(=O)OOC(=O)C(O)(O)[Si](C)(C)C. The maximum absolute atomic E-state index is 11.7. The molecule has 122 valence electrons. The van der Waals surface area contributed by atoms with Gasteiger partial charge in [0.15, 0.2) is 0 Å². The Labute approximate surface area is 120 Å². The minimum Gasteiger partial charge on any atom is -0.374 e. The van der Waals surface area contributed by atoms with E-state index < -0.39 is 44.7 Å². The normalized spacial score (nSPS) is 28.9. The van der Waals surface area contributed by atoms with E-state index in [4.69, 9.17) is 0 Å². The first-order valence-electron chi connectivity index (χ1n) is 5.71. The summed E-state index contributed by atoms with van der Waals surface area (Å²) < 4.78 is 20.6. The van der Waals surface area contributed by atoms with Gasteiger partial charge in [-0.05, 0) is 0 Å². The Kier molecular flexibility index (Phi) is 4.72. The number of ether oxygens (including phenoxy) is 1. The molecule has 0 aromatic heterocycles. The third-order valence-corrected chi connectivity index (χ3v) is 7.28. The van der Waals surface area contributed by atoms with Crippen molar-refractivity contribution in [3.63, 3.8) is 0 Å². The van der Waals surface area contributed by atoms with Crippen LogP contribution in [0.25, 0.3) is 0 Å². The molecule has 0 radical (unpaired) electrons. The third kappa shape index (κ3) is 3.18. The minimum absolute atomic E-state index is 0.536. The lowest BCUT2D eigenvalue weighted by Gasteiger charge is -2.29. The Balaban J connectivity index is 2.64. The molecule has 1 fully saturated rings. The molecule has 1 rings (SSSR count). The highest BCUT2D eigenvalue weighted by atomic mass is 31.2. The fraction of sp³-hybridized carbons (Fsp3) is 0.778. The van der Waals surface area contributed by atoms with Crippen LogP contribution in [0.5, 0.6) is 0 Å². The first kappa shape index (κ1) is 18.2. The molecule has 0 aliphatic carbocycles. The summed E-state index contributed by atoms with van der Waals surface area (Å²) in [6, 6.07) is 0. The highest BCUT2D eigenvalue weighted by molar-refractivity contribution is 7.67. The molecule has 3 N–H and O–H groups in total. The summed E-state index contributed by atoms with van der Waals surface area (Å²) in [4.78, 5) is 30.9. The summed E-state index contributed by atoms with van der Waals surface area (Å²) >= 11 is 0. The van der Waals surface area contributed by atoms with Crippen LogP contribution in [-0.2, 0) is 33.2 Å². The number of hydrogen-bond donors (Lipinski definition) is 3. The first-order valence-corrected chi connectivity index (χ1v) is 11.0. The maximum Gasteiger partial charge on any atom is 0.425 e. The molecule has 0 aromatic carbocycles. The molecule has 21 heavy (non-hydrogen) atoms. The van der Waals surface area contributed by atoms with Crippen molar-refractivity contribution in [1.82, 2.24) is 0 Å². The van der Waals surface area contributed by atoms with E-state index in [1.54, 1.807) is 0 Å². The van der Waals surface area contributed by atoms with E-state index >= 15 is 0 Å². The summed E-state index contributed by atoms with van der Waals surface area (Å²) in [5, 5.41) is 28.8. The molecule has 2 unspecified atom stereocenters. The number of rotatable bonds is 5. The second-order valence-electron chi connectivity index (χ2n) is 5.45. The number of carbonyl (C=O) groups is 2. The van der Waals surface area contributed by atoms with E-state index in [-0.39, 0.29) is 0 Å². The van der Waals surface area contributed by atoms with Crippen molar-refractivity contribution in [3.05, 3.63) is 0 Å². The van der Waals surface area contributed by atoms with Gasteiger partial charge in [-0.2, -0.15) is 0 Å². The van der Waals surface area contributed by atoms with Gasteiger partial charge in [0.05, 0.1) is 0 Å². The molecular weight excluding hydrogens is 327 g/mol. The molecule has 2 atom stereocenters. The Hall–Kier alpha value is -0.813. The van der Waals surface area contributed by atoms with Crippen LogP contribution in [0.2, 0.25) is 19.6 Å². The van der Waals surface area contributed by atoms with Crippen molar-refractivity contribution in [2.45, 2.75) is 30.6 Å². The highest BCUT2D eigenvalue weighted by Crippen LogP contribution is 2.76. The van der Waals surface area contributed by atoms with Gasteiger partial charge in [-0.1, -0.05) is 19.6 Å². The van der Waals surface area contributed by atoms with Crippen LogP contribution in [0.3, 0.4) is 0 Å². The number of carbonyl (C=O) groups excluding carboxylic acids is 2. The molecule has 0 saturated carbocycles. The average molecular weight is 344 g/mol. The van der Waals surface area contributed by atoms with Gasteiger partial charge in [-0.15, -0.1) is 0 Å². The van der Waals surface area contributed by atoms with E-state index in [1.807, 2.05) is 0 Å². The first-order chi connectivity index (χ1) is 9.32. The third-order valence-electron chi connectivity index (χ3n) is 2.79. The lowest BCUT2D eigenvalue weighted by atomic mass is 10.6. The zero-order valence-corrected chi connectivity index (χ0v) is 13.7. The second kappa shape index (κ2) is 5.43. The molecule has 1 saturated heterocycles. The second-order valence-corrected chi connectivity index (χ2v) is 13.0. The van der Waals surface area contributed by atoms with Gasteiger partial charge in [-0.25, -0.2) is 19.4 Å². The summed E-state index contributed by atoms with van der Waals surface area (Å²) in [7, 11) is -5.42. The summed E-state index contributed by atoms with van der Waals surface area (Å²) in [6.07, 6.45) is -0.536. The zero-order chi connectivity index (χ0) is 16.7. The molecule has 1 heterocycles. The molecule has 1 aliphatic rings. The van der Waals surface area contributed by atoms with Crippen molar-refractivity contribution in [2.75, 3.05) is 13.5 Å². The fourth-order valence-electron chi connectivity index (χ4n) is 1.14. The molecule has 10 nitrogen and oxygen atoms in total. The Bertz CT molecular complexity index is 497. The topological polar surface area (TPSA) is 152 Å². The van der Waals surface area contributed by atoms with E-state index in [1.165, 1.54) is 26.8 Å². The van der Waals surface area contributed by atoms with Gasteiger partial charge in [0.1, 0.15) is 14.4 Å². The van der Waals surface area contributed by atoms with Crippen molar-refractivity contribution in [2.24, 2.45) is 0 Å². The predicted molar refractivity (Wildman–Crippen MR) is 68.2 cm³/mol. The molecule has 12 heteroatoms. The van der Waals surface area contributed by atoms with E-state index in [0.717, 1.165) is 0 Å². The van der Waals surface area contributed by atoms with Crippen molar-refractivity contribution in [3.8, 4) is 0 Å². The van der Waals surface area contributed by atoms with Gasteiger partial charge < -0.3 is 20.1 Å². The van der Waals surface area contributed by atoms with Crippen LogP contribution >= 0.6 is 7.37 Å². The van der Waals surface area contributed by atoms with Crippen LogP contribution in [-0.4, -0.2) is 59.7 Å². The molecule has 0 spiro atoms. The van der Waals surface area contributed by atoms with Gasteiger partial charge >= 0.3 is 24.8 Å². The number of hydrogen-bond acceptors (Lipinski definition) is 10. The monoisotopic (exact) mass is 344 g/mol. The van der Waals surface area contributed by atoms with Gasteiger partial charge in [0.2, 0.25) is 5.41 Å².